The van der Waals surface area contributed by atoms with Crippen molar-refractivity contribution < 1.29 is 22.3 Å². The largest absolute Gasteiger partial charge is 0.487 e. The van der Waals surface area contributed by atoms with Crippen LogP contribution in [0.4, 0.5) is 4.39 Å². The van der Waals surface area contributed by atoms with Crippen LogP contribution in [0.3, 0.4) is 0 Å². The predicted octanol–water partition coefficient (Wildman–Crippen LogP) is 3.35. The molecule has 200 valence electrons. The van der Waals surface area contributed by atoms with Crippen LogP contribution in [-0.2, 0) is 34.4 Å². The van der Waals surface area contributed by atoms with Crippen LogP contribution in [0.15, 0.2) is 83.3 Å². The highest BCUT2D eigenvalue weighted by atomic mass is 32.2. The molecule has 0 saturated heterocycles. The lowest BCUT2D eigenvalue weighted by atomic mass is 10.1. The Bertz CT molecular complexity index is 1710. The van der Waals surface area contributed by atoms with Gasteiger partial charge in [0.05, 0.1) is 16.4 Å². The van der Waals surface area contributed by atoms with Gasteiger partial charge in [0.25, 0.3) is 10.0 Å². The van der Waals surface area contributed by atoms with E-state index in [1.165, 1.54) is 16.8 Å². The third kappa shape index (κ3) is 6.63. The van der Waals surface area contributed by atoms with Crippen LogP contribution in [0.5, 0.6) is 5.75 Å². The number of hydrogen-bond acceptors (Lipinski definition) is 8. The average molecular weight is 567 g/mol. The Morgan fingerprint density at radius 2 is 1.85 bits per heavy atom. The maximum atomic E-state index is 13.2. The Labute approximate surface area is 227 Å². The van der Waals surface area contributed by atoms with Crippen LogP contribution in [0.1, 0.15) is 22.9 Å². The second kappa shape index (κ2) is 11.3. The van der Waals surface area contributed by atoms with Crippen molar-refractivity contribution in [2.45, 2.75) is 30.0 Å². The summed E-state index contributed by atoms with van der Waals surface area (Å²) in [6.07, 6.45) is 2.03. The quantitative estimate of drug-likeness (QED) is 0.264. The van der Waals surface area contributed by atoms with Gasteiger partial charge in [-0.3, -0.25) is 4.79 Å². The standard InChI is InChI=1S/C26H23FN6O4S2/c27-19-8-6-18(7-9-19)14-29-25(34)23(12-17-4-2-1-3-5-17)33-15-20(31-32-33)16-37-21-10-11-22-24(13-21)38-26(30-22)39(28,35)36/h1-11,13,15,23H,12,14,16H2,(H,29,34)(H2,28,35,36). The molecule has 13 heteroatoms. The first-order chi connectivity index (χ1) is 18.7. The Balaban J connectivity index is 1.29. The summed E-state index contributed by atoms with van der Waals surface area (Å²) in [6, 6.07) is 19.8. The van der Waals surface area contributed by atoms with Crippen molar-refractivity contribution in [3.63, 3.8) is 0 Å². The number of nitrogens with zero attached hydrogens (tertiary/aromatic N) is 4. The molecular formula is C26H23FN6O4S2. The van der Waals surface area contributed by atoms with Crippen molar-refractivity contribution in [2.24, 2.45) is 5.14 Å². The molecule has 0 spiro atoms. The monoisotopic (exact) mass is 566 g/mol. The van der Waals surface area contributed by atoms with Crippen LogP contribution in [0.25, 0.3) is 10.2 Å². The van der Waals surface area contributed by atoms with Crippen molar-refractivity contribution in [2.75, 3.05) is 0 Å². The topological polar surface area (TPSA) is 142 Å². The van der Waals surface area contributed by atoms with E-state index in [1.807, 2.05) is 30.3 Å². The maximum absolute atomic E-state index is 13.2. The smallest absolute Gasteiger partial charge is 0.265 e. The van der Waals surface area contributed by atoms with Crippen molar-refractivity contribution >= 4 is 37.5 Å². The lowest BCUT2D eigenvalue weighted by molar-refractivity contribution is -0.124. The Hall–Kier alpha value is -4.20. The van der Waals surface area contributed by atoms with Gasteiger partial charge < -0.3 is 10.1 Å². The molecule has 0 bridgehead atoms. The summed E-state index contributed by atoms with van der Waals surface area (Å²) >= 11 is 0.957. The van der Waals surface area contributed by atoms with Crippen LogP contribution in [0.2, 0.25) is 0 Å². The highest BCUT2D eigenvalue weighted by Gasteiger charge is 2.23. The van der Waals surface area contributed by atoms with Gasteiger partial charge in [0, 0.05) is 13.0 Å². The molecule has 2 heterocycles. The second-order valence-corrected chi connectivity index (χ2v) is 11.4. The Kier molecular flexibility index (Phi) is 7.63. The summed E-state index contributed by atoms with van der Waals surface area (Å²) in [5.41, 5.74) is 2.71. The molecule has 1 atom stereocenters. The molecular weight excluding hydrogens is 543 g/mol. The number of fused-ring (bicyclic) bond motifs is 1. The fourth-order valence-corrected chi connectivity index (χ4v) is 5.52. The van der Waals surface area contributed by atoms with Crippen LogP contribution < -0.4 is 15.2 Å². The van der Waals surface area contributed by atoms with Crippen LogP contribution in [-0.4, -0.2) is 34.3 Å². The second-order valence-electron chi connectivity index (χ2n) is 8.68. The van der Waals surface area contributed by atoms with E-state index in [9.17, 15) is 17.6 Å². The van der Waals surface area contributed by atoms with Crippen molar-refractivity contribution in [1.29, 1.82) is 0 Å². The number of aromatic nitrogens is 4. The number of benzene rings is 3. The zero-order valence-corrected chi connectivity index (χ0v) is 22.0. The number of hydrogen-bond donors (Lipinski definition) is 2. The van der Waals surface area contributed by atoms with Gasteiger partial charge in [0.2, 0.25) is 10.2 Å². The molecule has 0 aliphatic carbocycles. The molecule has 1 amide bonds. The molecule has 5 rings (SSSR count). The number of sulfonamides is 1. The van der Waals surface area contributed by atoms with Crippen LogP contribution in [0, 0.1) is 5.82 Å². The van der Waals surface area contributed by atoms with Gasteiger partial charge in [0.1, 0.15) is 29.9 Å². The van der Waals surface area contributed by atoms with E-state index in [4.69, 9.17) is 9.88 Å². The number of carbonyl (C=O) groups is 1. The Morgan fingerprint density at radius 1 is 1.08 bits per heavy atom. The first-order valence-corrected chi connectivity index (χ1v) is 14.1. The van der Waals surface area contributed by atoms with Crippen molar-refractivity contribution in [3.05, 3.63) is 102 Å². The molecule has 0 saturated carbocycles. The number of ether oxygens (including phenoxy) is 1. The summed E-state index contributed by atoms with van der Waals surface area (Å²) in [4.78, 5) is 17.2. The molecule has 2 aromatic heterocycles. The lowest BCUT2D eigenvalue weighted by Gasteiger charge is -2.17. The normalized spacial score (nSPS) is 12.4. The number of carbonyl (C=O) groups excluding carboxylic acids is 1. The summed E-state index contributed by atoms with van der Waals surface area (Å²) in [5, 5.41) is 16.4. The van der Waals surface area contributed by atoms with E-state index >= 15 is 0 Å². The molecule has 39 heavy (non-hydrogen) atoms. The van der Waals surface area contributed by atoms with Gasteiger partial charge in [-0.2, -0.15) is 0 Å². The minimum Gasteiger partial charge on any atom is -0.487 e. The van der Waals surface area contributed by atoms with Crippen molar-refractivity contribution in [3.8, 4) is 5.75 Å². The molecule has 0 aliphatic heterocycles. The first kappa shape index (κ1) is 26.4. The van der Waals surface area contributed by atoms with E-state index in [0.29, 0.717) is 28.1 Å². The number of nitrogens with one attached hydrogen (secondary N) is 1. The van der Waals surface area contributed by atoms with Gasteiger partial charge in [0.15, 0.2) is 0 Å². The van der Waals surface area contributed by atoms with E-state index in [-0.39, 0.29) is 29.2 Å². The molecule has 3 N–H and O–H groups in total. The van der Waals surface area contributed by atoms with E-state index in [2.05, 4.69) is 20.6 Å². The third-order valence-corrected chi connectivity index (χ3v) is 8.14. The fraction of sp³-hybridized carbons (Fsp3) is 0.154. The first-order valence-electron chi connectivity index (χ1n) is 11.8. The van der Waals surface area contributed by atoms with E-state index < -0.39 is 16.1 Å². The van der Waals surface area contributed by atoms with Gasteiger partial charge in [-0.1, -0.05) is 47.7 Å². The zero-order chi connectivity index (χ0) is 27.4. The highest BCUT2D eigenvalue weighted by molar-refractivity contribution is 7.91. The minimum atomic E-state index is -3.89. The molecule has 0 aliphatic rings. The predicted molar refractivity (Wildman–Crippen MR) is 143 cm³/mol. The summed E-state index contributed by atoms with van der Waals surface area (Å²) in [6.45, 7) is 0.309. The van der Waals surface area contributed by atoms with Gasteiger partial charge in [-0.05, 0) is 41.5 Å². The number of amides is 1. The number of halogens is 1. The fourth-order valence-electron chi connectivity index (χ4n) is 3.84. The van der Waals surface area contributed by atoms with Gasteiger partial charge in [-0.25, -0.2) is 27.6 Å². The molecule has 0 radical (unpaired) electrons. The van der Waals surface area contributed by atoms with Crippen molar-refractivity contribution in [1.82, 2.24) is 25.3 Å². The summed E-state index contributed by atoms with van der Waals surface area (Å²) in [5.74, 6) is -0.119. The summed E-state index contributed by atoms with van der Waals surface area (Å²) < 4.78 is 44.2. The average Bonchev–Trinajstić information content (AvgIpc) is 3.58. The minimum absolute atomic E-state index is 0.0710. The third-order valence-electron chi connectivity index (χ3n) is 5.80. The molecule has 3 aromatic carbocycles. The number of rotatable bonds is 10. The molecule has 1 unspecified atom stereocenters. The number of primary sulfonamides is 1. The Morgan fingerprint density at radius 3 is 2.59 bits per heavy atom. The van der Waals surface area contributed by atoms with E-state index in [1.54, 1.807) is 36.5 Å². The number of nitrogens with two attached hydrogens (primary N) is 1. The maximum Gasteiger partial charge on any atom is 0.265 e. The van der Waals surface area contributed by atoms with Crippen LogP contribution >= 0.6 is 11.3 Å². The molecule has 10 nitrogen and oxygen atoms in total. The van der Waals surface area contributed by atoms with Gasteiger partial charge in [-0.15, -0.1) is 16.4 Å². The lowest BCUT2D eigenvalue weighted by Crippen LogP contribution is -2.34. The van der Waals surface area contributed by atoms with Gasteiger partial charge >= 0.3 is 0 Å². The van der Waals surface area contributed by atoms with E-state index in [0.717, 1.165) is 22.5 Å². The SMILES string of the molecule is NS(=O)(=O)c1nc2ccc(OCc3cn(C(Cc4ccccc4)C(=O)NCc4ccc(F)cc4)nn3)cc2s1. The molecule has 5 aromatic rings. The molecule has 0 fully saturated rings. The highest BCUT2D eigenvalue weighted by Crippen LogP contribution is 2.28. The number of thiazole rings is 1. The summed E-state index contributed by atoms with van der Waals surface area (Å²) in [7, 11) is -3.89. The zero-order valence-electron chi connectivity index (χ0n) is 20.4.